The number of aliphatic imine (C=N–C) groups is 1. The largest absolute Gasteiger partial charge is 0.492 e. The molecule has 0 aliphatic heterocycles. The molecule has 0 saturated heterocycles. The standard InChI is InChI=1S/C19H26N4O2/c1-4-25-19-11-18(15(20)10-16(19)21)23-17-6-5-14(9-12(17)2)13(3)22-7-8-24/h5-6,9-11,13,21-22,24H,4,7-8,20H2,1-3H3. The van der Waals surface area contributed by atoms with Crippen LogP contribution in [0.15, 0.2) is 46.8 Å². The van der Waals surface area contributed by atoms with E-state index in [0.29, 0.717) is 30.3 Å². The lowest BCUT2D eigenvalue weighted by Crippen LogP contribution is -2.22. The second kappa shape index (κ2) is 8.60. The molecule has 0 radical (unpaired) electrons. The summed E-state index contributed by atoms with van der Waals surface area (Å²) in [6, 6.07) is 6.19. The lowest BCUT2D eigenvalue weighted by atomic mass is 10.0. The number of nitrogens with one attached hydrogen (secondary N) is 2. The van der Waals surface area contributed by atoms with Gasteiger partial charge in [-0.25, -0.2) is 4.99 Å². The highest BCUT2D eigenvalue weighted by molar-refractivity contribution is 6.22. The second-order valence-corrected chi connectivity index (χ2v) is 5.90. The maximum Gasteiger partial charge on any atom is 0.146 e. The fourth-order valence-corrected chi connectivity index (χ4v) is 2.56. The average molecular weight is 342 g/mol. The van der Waals surface area contributed by atoms with Crippen LogP contribution in [0.4, 0.5) is 5.69 Å². The van der Waals surface area contributed by atoms with Gasteiger partial charge in [-0.1, -0.05) is 12.1 Å². The van der Waals surface area contributed by atoms with E-state index < -0.39 is 0 Å². The topological polar surface area (TPSA) is 104 Å². The van der Waals surface area contributed by atoms with Crippen LogP contribution in [-0.4, -0.2) is 36.3 Å². The number of ether oxygens (including phenoxy) is 1. The predicted molar refractivity (Wildman–Crippen MR) is 101 cm³/mol. The van der Waals surface area contributed by atoms with E-state index >= 15 is 0 Å². The van der Waals surface area contributed by atoms with Crippen molar-refractivity contribution in [2.24, 2.45) is 10.7 Å². The zero-order valence-electron chi connectivity index (χ0n) is 15.0. The van der Waals surface area contributed by atoms with Gasteiger partial charge >= 0.3 is 0 Å². The first kappa shape index (κ1) is 18.9. The molecule has 6 heteroatoms. The summed E-state index contributed by atoms with van der Waals surface area (Å²) in [6.45, 7) is 7.09. The molecule has 1 unspecified atom stereocenters. The van der Waals surface area contributed by atoms with Gasteiger partial charge in [0.05, 0.1) is 36.0 Å². The van der Waals surface area contributed by atoms with E-state index in [1.165, 1.54) is 0 Å². The van der Waals surface area contributed by atoms with Crippen molar-refractivity contribution in [3.63, 3.8) is 0 Å². The van der Waals surface area contributed by atoms with Crippen molar-refractivity contribution in [3.8, 4) is 0 Å². The van der Waals surface area contributed by atoms with E-state index in [1.54, 1.807) is 12.2 Å². The van der Waals surface area contributed by atoms with Crippen LogP contribution < -0.4 is 11.1 Å². The highest BCUT2D eigenvalue weighted by Crippen LogP contribution is 2.25. The van der Waals surface area contributed by atoms with Crippen molar-refractivity contribution in [2.75, 3.05) is 19.8 Å². The molecule has 134 valence electrons. The van der Waals surface area contributed by atoms with Gasteiger partial charge in [0.2, 0.25) is 0 Å². The summed E-state index contributed by atoms with van der Waals surface area (Å²) < 4.78 is 5.46. The number of allylic oxidation sites excluding steroid dienone is 2. The summed E-state index contributed by atoms with van der Waals surface area (Å²) in [7, 11) is 0. The van der Waals surface area contributed by atoms with Gasteiger partial charge < -0.3 is 20.9 Å². The van der Waals surface area contributed by atoms with Crippen LogP contribution in [0.25, 0.3) is 0 Å². The van der Waals surface area contributed by atoms with E-state index in [0.717, 1.165) is 16.8 Å². The molecule has 25 heavy (non-hydrogen) atoms. The lowest BCUT2D eigenvalue weighted by molar-refractivity contribution is 0.250. The quantitative estimate of drug-likeness (QED) is 0.572. The molecule has 0 saturated carbocycles. The molecule has 0 aromatic heterocycles. The molecule has 1 aliphatic carbocycles. The van der Waals surface area contributed by atoms with E-state index in [4.69, 9.17) is 21.0 Å². The summed E-state index contributed by atoms with van der Waals surface area (Å²) in [6.07, 6.45) is 3.27. The minimum Gasteiger partial charge on any atom is -0.492 e. The van der Waals surface area contributed by atoms with Crippen molar-refractivity contribution in [1.29, 1.82) is 5.41 Å². The fraction of sp³-hybridized carbons (Fsp3) is 0.368. The zero-order valence-corrected chi connectivity index (χ0v) is 15.0. The van der Waals surface area contributed by atoms with Gasteiger partial charge in [0.25, 0.3) is 0 Å². The molecule has 1 aromatic carbocycles. The Hall–Kier alpha value is -2.44. The molecule has 0 spiro atoms. The van der Waals surface area contributed by atoms with Gasteiger partial charge in [0, 0.05) is 18.7 Å². The predicted octanol–water partition coefficient (Wildman–Crippen LogP) is 2.51. The Labute approximate surface area is 148 Å². The summed E-state index contributed by atoms with van der Waals surface area (Å²) in [5.41, 5.74) is 10.3. The Morgan fingerprint density at radius 1 is 1.36 bits per heavy atom. The average Bonchev–Trinajstić information content (AvgIpc) is 2.58. The Morgan fingerprint density at radius 3 is 2.76 bits per heavy atom. The van der Waals surface area contributed by atoms with Gasteiger partial charge in [-0.2, -0.15) is 0 Å². The van der Waals surface area contributed by atoms with Gasteiger partial charge in [0.15, 0.2) is 0 Å². The molecule has 1 aliphatic rings. The van der Waals surface area contributed by atoms with Crippen LogP contribution >= 0.6 is 0 Å². The number of aliphatic hydroxyl groups excluding tert-OH is 1. The fourth-order valence-electron chi connectivity index (χ4n) is 2.56. The minimum atomic E-state index is 0.115. The van der Waals surface area contributed by atoms with Crippen LogP contribution in [0, 0.1) is 12.3 Å². The Kier molecular flexibility index (Phi) is 6.50. The smallest absolute Gasteiger partial charge is 0.146 e. The first-order valence-corrected chi connectivity index (χ1v) is 8.40. The molecule has 0 fully saturated rings. The molecule has 0 bridgehead atoms. The first-order chi connectivity index (χ1) is 12.0. The maximum atomic E-state index is 8.92. The van der Waals surface area contributed by atoms with Crippen molar-refractivity contribution in [2.45, 2.75) is 26.8 Å². The third-order valence-electron chi connectivity index (χ3n) is 3.95. The van der Waals surface area contributed by atoms with Crippen LogP contribution in [0.2, 0.25) is 0 Å². The van der Waals surface area contributed by atoms with Crippen LogP contribution in [-0.2, 0) is 4.74 Å². The molecule has 1 aromatic rings. The molecule has 0 heterocycles. The summed E-state index contributed by atoms with van der Waals surface area (Å²) in [4.78, 5) is 4.64. The molecule has 2 rings (SSSR count). The maximum absolute atomic E-state index is 8.92. The molecule has 0 amide bonds. The number of aryl methyl sites for hydroxylation is 1. The normalized spacial score (nSPS) is 17.3. The Morgan fingerprint density at radius 2 is 2.12 bits per heavy atom. The third-order valence-corrected chi connectivity index (χ3v) is 3.95. The number of nitrogens with two attached hydrogens (primary N) is 1. The zero-order chi connectivity index (χ0) is 18.4. The second-order valence-electron chi connectivity index (χ2n) is 5.90. The molecular weight excluding hydrogens is 316 g/mol. The van der Waals surface area contributed by atoms with Gasteiger partial charge in [-0.15, -0.1) is 0 Å². The minimum absolute atomic E-state index is 0.115. The summed E-state index contributed by atoms with van der Waals surface area (Å²) in [5.74, 6) is 0.478. The number of rotatable bonds is 7. The van der Waals surface area contributed by atoms with E-state index in [2.05, 4.69) is 23.3 Å². The molecule has 1 atom stereocenters. The molecular formula is C19H26N4O2. The number of nitrogens with zero attached hydrogens (tertiary/aromatic N) is 1. The van der Waals surface area contributed by atoms with E-state index in [9.17, 15) is 0 Å². The van der Waals surface area contributed by atoms with Crippen LogP contribution in [0.5, 0.6) is 0 Å². The highest BCUT2D eigenvalue weighted by atomic mass is 16.5. The highest BCUT2D eigenvalue weighted by Gasteiger charge is 2.16. The Bertz CT molecular complexity index is 735. The lowest BCUT2D eigenvalue weighted by Gasteiger charge is -2.16. The van der Waals surface area contributed by atoms with Crippen molar-refractivity contribution in [1.82, 2.24) is 5.32 Å². The van der Waals surface area contributed by atoms with Crippen LogP contribution in [0.1, 0.15) is 31.0 Å². The number of hydrogen-bond donors (Lipinski definition) is 4. The van der Waals surface area contributed by atoms with Crippen molar-refractivity contribution < 1.29 is 9.84 Å². The van der Waals surface area contributed by atoms with Gasteiger partial charge in [-0.05, 0) is 44.0 Å². The van der Waals surface area contributed by atoms with Crippen molar-refractivity contribution >= 4 is 17.1 Å². The monoisotopic (exact) mass is 342 g/mol. The number of aliphatic hydroxyl groups is 1. The van der Waals surface area contributed by atoms with Gasteiger partial charge in [-0.3, -0.25) is 5.41 Å². The van der Waals surface area contributed by atoms with Crippen LogP contribution in [0.3, 0.4) is 0 Å². The van der Waals surface area contributed by atoms with E-state index in [-0.39, 0.29) is 18.4 Å². The third kappa shape index (κ3) is 4.78. The number of benzene rings is 1. The molecule has 6 nitrogen and oxygen atoms in total. The SMILES string of the molecule is CCOC1=CC(=Nc2ccc(C(C)NCCO)cc2C)C(N)=CC1=N. The number of hydrogen-bond acceptors (Lipinski definition) is 6. The van der Waals surface area contributed by atoms with Gasteiger partial charge in [0.1, 0.15) is 5.76 Å². The van der Waals surface area contributed by atoms with E-state index in [1.807, 2.05) is 26.0 Å². The summed E-state index contributed by atoms with van der Waals surface area (Å²) in [5, 5.41) is 20.1. The molecule has 5 N–H and O–H groups in total. The Balaban J connectivity index is 2.28. The van der Waals surface area contributed by atoms with Crippen molar-refractivity contribution in [3.05, 3.63) is 52.9 Å². The summed E-state index contributed by atoms with van der Waals surface area (Å²) >= 11 is 0. The first-order valence-electron chi connectivity index (χ1n) is 8.40.